The number of unbranched alkanes of at least 4 members (excludes halogenated alkanes) is 3. The van der Waals surface area contributed by atoms with Crippen LogP contribution in [0.2, 0.25) is 0 Å². The van der Waals surface area contributed by atoms with Crippen molar-refractivity contribution in [2.75, 3.05) is 0 Å². The largest absolute Gasteiger partial charge is 0.508 e. The molecule has 0 amide bonds. The van der Waals surface area contributed by atoms with E-state index in [2.05, 4.69) is 13.0 Å². The Bertz CT molecular complexity index is 1130. The van der Waals surface area contributed by atoms with Crippen LogP contribution in [0, 0.1) is 0 Å². The number of carbonyl (C=O) groups excluding carboxylic acids is 1. The summed E-state index contributed by atoms with van der Waals surface area (Å²) in [5.41, 5.74) is 3.05. The Morgan fingerprint density at radius 2 is 1.67 bits per heavy atom. The van der Waals surface area contributed by atoms with E-state index in [1.807, 2.05) is 36.4 Å². The lowest BCUT2D eigenvalue weighted by Gasteiger charge is -2.36. The number of fused-ring (bicyclic) bond motifs is 6. The van der Waals surface area contributed by atoms with E-state index >= 15 is 0 Å². The van der Waals surface area contributed by atoms with Gasteiger partial charge in [0.1, 0.15) is 17.2 Å². The molecule has 0 aromatic heterocycles. The van der Waals surface area contributed by atoms with Gasteiger partial charge >= 0.3 is 5.97 Å². The van der Waals surface area contributed by atoms with Gasteiger partial charge < -0.3 is 14.6 Å². The number of rotatable bonds is 5. The van der Waals surface area contributed by atoms with Crippen LogP contribution in [0.5, 0.6) is 17.2 Å². The molecule has 2 aliphatic heterocycles. The summed E-state index contributed by atoms with van der Waals surface area (Å²) in [7, 11) is 0. The first-order valence-corrected chi connectivity index (χ1v) is 10.6. The molecule has 3 aromatic rings. The fourth-order valence-corrected chi connectivity index (χ4v) is 4.62. The lowest BCUT2D eigenvalue weighted by molar-refractivity contribution is 0.0224. The number of para-hydroxylation sites is 1. The monoisotopic (exact) mass is 400 g/mol. The zero-order chi connectivity index (χ0) is 20.7. The van der Waals surface area contributed by atoms with Crippen molar-refractivity contribution in [3.8, 4) is 17.2 Å². The summed E-state index contributed by atoms with van der Waals surface area (Å²) in [6, 6.07) is 18.7. The first-order valence-electron chi connectivity index (χ1n) is 10.6. The summed E-state index contributed by atoms with van der Waals surface area (Å²) < 4.78 is 12.2. The zero-order valence-corrected chi connectivity index (χ0v) is 17.0. The van der Waals surface area contributed by atoms with Crippen LogP contribution in [0.1, 0.15) is 65.2 Å². The topological polar surface area (TPSA) is 55.8 Å². The first kappa shape index (κ1) is 18.7. The average Bonchev–Trinajstić information content (AvgIpc) is 3.04. The number of hydrogen-bond donors (Lipinski definition) is 1. The summed E-state index contributed by atoms with van der Waals surface area (Å²) in [4.78, 5) is 13.0. The highest BCUT2D eigenvalue weighted by Crippen LogP contribution is 2.56. The van der Waals surface area contributed by atoms with Crippen LogP contribution in [0.4, 0.5) is 0 Å². The number of benzene rings is 3. The minimum Gasteiger partial charge on any atom is -0.508 e. The number of aryl methyl sites for hydroxylation is 1. The molecule has 4 heteroatoms. The second-order valence-electron chi connectivity index (χ2n) is 8.04. The predicted octanol–water partition coefficient (Wildman–Crippen LogP) is 6.08. The van der Waals surface area contributed by atoms with Crippen LogP contribution >= 0.6 is 0 Å². The van der Waals surface area contributed by atoms with Gasteiger partial charge in [0, 0.05) is 22.8 Å². The van der Waals surface area contributed by atoms with Crippen molar-refractivity contribution < 1.29 is 19.4 Å². The molecule has 0 fully saturated rings. The molecule has 0 aliphatic carbocycles. The second kappa shape index (κ2) is 7.21. The SMILES string of the molecule is CCCCCCc1ccc2c(c1)C(=O)OC21c2ccccc2Oc2cc(O)ccc21. The van der Waals surface area contributed by atoms with Gasteiger partial charge in [-0.25, -0.2) is 4.79 Å². The third kappa shape index (κ3) is 2.78. The minimum atomic E-state index is -1.06. The van der Waals surface area contributed by atoms with E-state index in [0.717, 1.165) is 35.1 Å². The third-order valence-corrected chi connectivity index (χ3v) is 6.08. The van der Waals surface area contributed by atoms with Crippen LogP contribution < -0.4 is 4.74 Å². The van der Waals surface area contributed by atoms with Crippen molar-refractivity contribution in [1.82, 2.24) is 0 Å². The maximum atomic E-state index is 13.0. The average molecular weight is 400 g/mol. The molecule has 4 nitrogen and oxygen atoms in total. The molecule has 1 unspecified atom stereocenters. The van der Waals surface area contributed by atoms with Crippen LogP contribution in [-0.2, 0) is 16.8 Å². The molecule has 0 radical (unpaired) electrons. The fourth-order valence-electron chi connectivity index (χ4n) is 4.62. The van der Waals surface area contributed by atoms with Gasteiger partial charge in [-0.3, -0.25) is 0 Å². The van der Waals surface area contributed by atoms with Gasteiger partial charge in [-0.05, 0) is 42.7 Å². The highest BCUT2D eigenvalue weighted by atomic mass is 16.6. The van der Waals surface area contributed by atoms with Crippen molar-refractivity contribution in [1.29, 1.82) is 0 Å². The lowest BCUT2D eigenvalue weighted by atomic mass is 9.77. The van der Waals surface area contributed by atoms with Gasteiger partial charge in [0.05, 0.1) is 5.56 Å². The molecule has 2 aliphatic rings. The van der Waals surface area contributed by atoms with Crippen LogP contribution in [0.3, 0.4) is 0 Å². The van der Waals surface area contributed by atoms with Gasteiger partial charge in [-0.15, -0.1) is 0 Å². The first-order chi connectivity index (χ1) is 14.6. The van der Waals surface area contributed by atoms with E-state index < -0.39 is 5.60 Å². The summed E-state index contributed by atoms with van der Waals surface area (Å²) >= 11 is 0. The zero-order valence-electron chi connectivity index (χ0n) is 17.0. The molecule has 0 bridgehead atoms. The lowest BCUT2D eigenvalue weighted by Crippen LogP contribution is -2.32. The van der Waals surface area contributed by atoms with E-state index in [1.165, 1.54) is 19.3 Å². The number of hydrogen-bond acceptors (Lipinski definition) is 4. The van der Waals surface area contributed by atoms with Gasteiger partial charge in [-0.1, -0.05) is 56.5 Å². The van der Waals surface area contributed by atoms with E-state index in [9.17, 15) is 9.90 Å². The Morgan fingerprint density at radius 3 is 2.53 bits per heavy atom. The van der Waals surface area contributed by atoms with Crippen molar-refractivity contribution >= 4 is 5.97 Å². The summed E-state index contributed by atoms with van der Waals surface area (Å²) in [5.74, 6) is 0.907. The number of esters is 1. The fraction of sp³-hybridized carbons (Fsp3) is 0.269. The molecule has 0 saturated heterocycles. The number of aromatic hydroxyl groups is 1. The normalized spacial score (nSPS) is 18.4. The maximum Gasteiger partial charge on any atom is 0.340 e. The molecule has 3 aromatic carbocycles. The highest BCUT2D eigenvalue weighted by molar-refractivity contribution is 5.97. The Kier molecular flexibility index (Phi) is 4.50. The van der Waals surface area contributed by atoms with Crippen LogP contribution in [0.25, 0.3) is 0 Å². The van der Waals surface area contributed by atoms with Crippen molar-refractivity contribution in [3.05, 3.63) is 88.5 Å². The summed E-state index contributed by atoms with van der Waals surface area (Å²) in [5, 5.41) is 9.98. The summed E-state index contributed by atoms with van der Waals surface area (Å²) in [6.45, 7) is 2.20. The molecule has 5 rings (SSSR count). The van der Waals surface area contributed by atoms with Gasteiger partial charge in [0.15, 0.2) is 5.60 Å². The standard InChI is InChI=1S/C26H24O4/c1-2-3-4-5-8-17-11-13-20-19(15-17)25(28)30-26(20)21-9-6-7-10-23(21)29-24-16-18(27)12-14-22(24)26/h6-7,9-16,27H,2-5,8H2,1H3. The highest BCUT2D eigenvalue weighted by Gasteiger charge is 2.53. The smallest absolute Gasteiger partial charge is 0.340 e. The van der Waals surface area contributed by atoms with Gasteiger partial charge in [0.25, 0.3) is 0 Å². The molecule has 152 valence electrons. The van der Waals surface area contributed by atoms with E-state index in [0.29, 0.717) is 17.1 Å². The van der Waals surface area contributed by atoms with E-state index in [-0.39, 0.29) is 11.7 Å². The Balaban J connectivity index is 1.64. The molecule has 2 heterocycles. The Labute approximate surface area is 176 Å². The van der Waals surface area contributed by atoms with Crippen molar-refractivity contribution in [3.63, 3.8) is 0 Å². The minimum absolute atomic E-state index is 0.107. The van der Waals surface area contributed by atoms with Gasteiger partial charge in [-0.2, -0.15) is 0 Å². The number of ether oxygens (including phenoxy) is 2. The van der Waals surface area contributed by atoms with Gasteiger partial charge in [0.2, 0.25) is 0 Å². The molecule has 0 saturated carbocycles. The number of phenolic OH excluding ortho intramolecular Hbond substituents is 1. The molecule has 30 heavy (non-hydrogen) atoms. The predicted molar refractivity (Wildman–Crippen MR) is 114 cm³/mol. The molecular weight excluding hydrogens is 376 g/mol. The van der Waals surface area contributed by atoms with E-state index in [1.54, 1.807) is 18.2 Å². The quantitative estimate of drug-likeness (QED) is 0.416. The third-order valence-electron chi connectivity index (χ3n) is 6.08. The van der Waals surface area contributed by atoms with Crippen molar-refractivity contribution in [2.24, 2.45) is 0 Å². The Hall–Kier alpha value is -3.27. The molecular formula is C26H24O4. The van der Waals surface area contributed by atoms with Crippen LogP contribution in [-0.4, -0.2) is 11.1 Å². The van der Waals surface area contributed by atoms with Crippen LogP contribution in [0.15, 0.2) is 60.7 Å². The Morgan fingerprint density at radius 1 is 0.867 bits per heavy atom. The summed E-state index contributed by atoms with van der Waals surface area (Å²) in [6.07, 6.45) is 5.71. The molecule has 1 atom stereocenters. The molecule has 1 spiro atoms. The van der Waals surface area contributed by atoms with E-state index in [4.69, 9.17) is 9.47 Å². The van der Waals surface area contributed by atoms with Crippen molar-refractivity contribution in [2.45, 2.75) is 44.6 Å². The number of carbonyl (C=O) groups is 1. The number of phenols is 1. The molecule has 1 N–H and O–H groups in total. The second-order valence-corrected chi connectivity index (χ2v) is 8.04. The maximum absolute atomic E-state index is 13.0.